The molecule has 0 unspecified atom stereocenters. The molecule has 0 saturated carbocycles. The topological polar surface area (TPSA) is 76.5 Å². The summed E-state index contributed by atoms with van der Waals surface area (Å²) in [4.78, 5) is 25.9. The number of amides is 2. The van der Waals surface area contributed by atoms with Crippen LogP contribution in [0.1, 0.15) is 49.6 Å². The van der Waals surface area contributed by atoms with Crippen molar-refractivity contribution in [3.8, 4) is 0 Å². The second-order valence-electron chi connectivity index (χ2n) is 6.27. The van der Waals surface area contributed by atoms with Crippen LogP contribution in [-0.4, -0.2) is 46.4 Å². The maximum absolute atomic E-state index is 12.6. The summed E-state index contributed by atoms with van der Waals surface area (Å²) in [7, 11) is 1.35. The van der Waals surface area contributed by atoms with Crippen molar-refractivity contribution in [3.63, 3.8) is 0 Å². The van der Waals surface area contributed by atoms with Gasteiger partial charge in [-0.1, -0.05) is 6.92 Å². The average Bonchev–Trinajstić information content (AvgIpc) is 2.86. The van der Waals surface area contributed by atoms with Crippen LogP contribution in [0, 0.1) is 13.8 Å². The van der Waals surface area contributed by atoms with Crippen LogP contribution in [0.4, 0.5) is 4.79 Å². The molecule has 1 saturated heterocycles. The van der Waals surface area contributed by atoms with Crippen molar-refractivity contribution in [3.05, 3.63) is 17.0 Å². The summed E-state index contributed by atoms with van der Waals surface area (Å²) in [5.41, 5.74) is 3.08. The van der Waals surface area contributed by atoms with Gasteiger partial charge in [0, 0.05) is 30.9 Å². The molecule has 1 aromatic heterocycles. The molecule has 0 aliphatic carbocycles. The van der Waals surface area contributed by atoms with E-state index in [1.807, 2.05) is 18.5 Å². The molecule has 1 N–H and O–H groups in total. The van der Waals surface area contributed by atoms with E-state index >= 15 is 0 Å². The van der Waals surface area contributed by atoms with Crippen LogP contribution >= 0.6 is 0 Å². The number of carbonyl (C=O) groups excluding carboxylic acids is 2. The number of piperidine rings is 1. The minimum Gasteiger partial charge on any atom is -0.453 e. The Morgan fingerprint density at radius 3 is 2.75 bits per heavy atom. The molecular weight excluding hydrogens is 308 g/mol. The van der Waals surface area contributed by atoms with Gasteiger partial charge in [0.25, 0.3) is 0 Å². The van der Waals surface area contributed by atoms with Crippen molar-refractivity contribution >= 4 is 12.0 Å². The lowest BCUT2D eigenvalue weighted by molar-refractivity contribution is -0.127. The molecule has 1 aliphatic rings. The molecule has 1 aliphatic heterocycles. The van der Waals surface area contributed by atoms with Gasteiger partial charge in [-0.05, 0) is 39.5 Å². The first-order valence-corrected chi connectivity index (χ1v) is 8.64. The molecule has 0 bridgehead atoms. The standard InChI is InChI=1S/C17H28N4O3/c1-5-9-21-13(3)14(12(2)19-21)11-18-16(22)15-8-6-7-10-20(15)17(23)24-4/h15H,5-11H2,1-4H3,(H,18,22)/t15-/m1/s1. The number of carbonyl (C=O) groups is 2. The van der Waals surface area contributed by atoms with E-state index in [0.717, 1.165) is 42.8 Å². The highest BCUT2D eigenvalue weighted by atomic mass is 16.5. The summed E-state index contributed by atoms with van der Waals surface area (Å²) in [6, 6.07) is -0.447. The number of hydrogen-bond acceptors (Lipinski definition) is 4. The molecule has 1 aromatic rings. The molecular formula is C17H28N4O3. The number of nitrogens with one attached hydrogen (secondary N) is 1. The van der Waals surface area contributed by atoms with Crippen molar-refractivity contribution in [1.82, 2.24) is 20.0 Å². The summed E-state index contributed by atoms with van der Waals surface area (Å²) < 4.78 is 6.78. The number of methoxy groups -OCH3 is 1. The highest BCUT2D eigenvalue weighted by Crippen LogP contribution is 2.19. The maximum Gasteiger partial charge on any atom is 0.410 e. The van der Waals surface area contributed by atoms with Gasteiger partial charge in [0.2, 0.25) is 5.91 Å². The number of rotatable bonds is 5. The Morgan fingerprint density at radius 2 is 2.08 bits per heavy atom. The van der Waals surface area contributed by atoms with E-state index in [9.17, 15) is 9.59 Å². The van der Waals surface area contributed by atoms with E-state index in [1.54, 1.807) is 0 Å². The Bertz CT molecular complexity index is 597. The lowest BCUT2D eigenvalue weighted by Crippen LogP contribution is -2.51. The Balaban J connectivity index is 2.03. The van der Waals surface area contributed by atoms with E-state index < -0.39 is 12.1 Å². The molecule has 24 heavy (non-hydrogen) atoms. The molecule has 134 valence electrons. The van der Waals surface area contributed by atoms with Gasteiger partial charge in [0.15, 0.2) is 0 Å². The number of ether oxygens (including phenoxy) is 1. The smallest absolute Gasteiger partial charge is 0.410 e. The SMILES string of the molecule is CCCn1nc(C)c(CNC(=O)[C@H]2CCCCN2C(=O)OC)c1C. The third-order valence-corrected chi connectivity index (χ3v) is 4.62. The van der Waals surface area contributed by atoms with Crippen LogP contribution in [0.15, 0.2) is 0 Å². The van der Waals surface area contributed by atoms with Crippen molar-refractivity contribution < 1.29 is 14.3 Å². The summed E-state index contributed by atoms with van der Waals surface area (Å²) in [5.74, 6) is -0.123. The zero-order chi connectivity index (χ0) is 17.7. The second kappa shape index (κ2) is 8.17. The molecule has 0 aromatic carbocycles. The molecule has 1 fully saturated rings. The number of nitrogens with zero attached hydrogens (tertiary/aromatic N) is 3. The first-order chi connectivity index (χ1) is 11.5. The van der Waals surface area contributed by atoms with Gasteiger partial charge >= 0.3 is 6.09 Å². The largest absolute Gasteiger partial charge is 0.453 e. The molecule has 0 spiro atoms. The second-order valence-corrected chi connectivity index (χ2v) is 6.27. The number of aromatic nitrogens is 2. The molecule has 1 atom stereocenters. The van der Waals surface area contributed by atoms with Gasteiger partial charge < -0.3 is 10.1 Å². The van der Waals surface area contributed by atoms with Gasteiger partial charge in [-0.25, -0.2) is 4.79 Å². The van der Waals surface area contributed by atoms with E-state index in [4.69, 9.17) is 4.74 Å². The van der Waals surface area contributed by atoms with Crippen molar-refractivity contribution in [2.45, 2.75) is 65.6 Å². The Morgan fingerprint density at radius 1 is 1.33 bits per heavy atom. The third-order valence-electron chi connectivity index (χ3n) is 4.62. The molecule has 2 rings (SSSR count). The van der Waals surface area contributed by atoms with E-state index in [1.165, 1.54) is 12.0 Å². The molecule has 7 heteroatoms. The number of hydrogen-bond donors (Lipinski definition) is 1. The fourth-order valence-electron chi connectivity index (χ4n) is 3.25. The molecule has 2 heterocycles. The fourth-order valence-corrected chi connectivity index (χ4v) is 3.25. The first-order valence-electron chi connectivity index (χ1n) is 8.64. The minimum absolute atomic E-state index is 0.123. The first kappa shape index (κ1) is 18.3. The van der Waals surface area contributed by atoms with E-state index in [-0.39, 0.29) is 5.91 Å². The molecule has 7 nitrogen and oxygen atoms in total. The Hall–Kier alpha value is -2.05. The third kappa shape index (κ3) is 3.88. The van der Waals surface area contributed by atoms with Gasteiger partial charge in [0.05, 0.1) is 12.8 Å². The zero-order valence-corrected chi connectivity index (χ0v) is 15.1. The van der Waals surface area contributed by atoms with Crippen LogP contribution in [0.3, 0.4) is 0 Å². The summed E-state index contributed by atoms with van der Waals surface area (Å²) >= 11 is 0. The summed E-state index contributed by atoms with van der Waals surface area (Å²) in [5, 5.41) is 7.50. The van der Waals surface area contributed by atoms with Gasteiger partial charge in [-0.3, -0.25) is 14.4 Å². The van der Waals surface area contributed by atoms with Crippen LogP contribution in [0.25, 0.3) is 0 Å². The Labute approximate surface area is 143 Å². The average molecular weight is 336 g/mol. The Kier molecular flexibility index (Phi) is 6.23. The summed E-state index contributed by atoms with van der Waals surface area (Å²) in [6.45, 7) is 7.98. The number of likely N-dealkylation sites (tertiary alicyclic amines) is 1. The van der Waals surface area contributed by atoms with Gasteiger partial charge in [-0.2, -0.15) is 5.10 Å². The van der Waals surface area contributed by atoms with Crippen LogP contribution in [0.2, 0.25) is 0 Å². The van der Waals surface area contributed by atoms with Crippen molar-refractivity contribution in [2.24, 2.45) is 0 Å². The minimum atomic E-state index is -0.447. The van der Waals surface area contributed by atoms with Crippen molar-refractivity contribution in [1.29, 1.82) is 0 Å². The normalized spacial score (nSPS) is 17.7. The van der Waals surface area contributed by atoms with Crippen LogP contribution in [-0.2, 0) is 22.6 Å². The van der Waals surface area contributed by atoms with Gasteiger partial charge in [-0.15, -0.1) is 0 Å². The fraction of sp³-hybridized carbons (Fsp3) is 0.706. The van der Waals surface area contributed by atoms with Crippen LogP contribution in [0.5, 0.6) is 0 Å². The monoisotopic (exact) mass is 336 g/mol. The highest BCUT2D eigenvalue weighted by molar-refractivity contribution is 5.85. The summed E-state index contributed by atoms with van der Waals surface area (Å²) in [6.07, 6.45) is 3.11. The zero-order valence-electron chi connectivity index (χ0n) is 15.1. The molecule has 2 amide bonds. The lowest BCUT2D eigenvalue weighted by Gasteiger charge is -2.33. The predicted octanol–water partition coefficient (Wildman–Crippen LogP) is 2.15. The predicted molar refractivity (Wildman–Crippen MR) is 90.6 cm³/mol. The number of aryl methyl sites for hydroxylation is 2. The maximum atomic E-state index is 12.6. The van der Waals surface area contributed by atoms with Crippen molar-refractivity contribution in [2.75, 3.05) is 13.7 Å². The molecule has 0 radical (unpaired) electrons. The lowest BCUT2D eigenvalue weighted by atomic mass is 10.0. The van der Waals surface area contributed by atoms with E-state index in [2.05, 4.69) is 17.3 Å². The van der Waals surface area contributed by atoms with E-state index in [0.29, 0.717) is 19.5 Å². The van der Waals surface area contributed by atoms with Crippen LogP contribution < -0.4 is 5.32 Å². The van der Waals surface area contributed by atoms with Gasteiger partial charge in [0.1, 0.15) is 6.04 Å². The quantitative estimate of drug-likeness (QED) is 0.894. The highest BCUT2D eigenvalue weighted by Gasteiger charge is 2.32.